The van der Waals surface area contributed by atoms with Crippen LogP contribution in [-0.2, 0) is 0 Å². The zero-order chi connectivity index (χ0) is 21.1. The Hall–Kier alpha value is -3.53. The van der Waals surface area contributed by atoms with Gasteiger partial charge < -0.3 is 14.0 Å². The summed E-state index contributed by atoms with van der Waals surface area (Å²) >= 11 is 0. The maximum atomic E-state index is 13.4. The molecule has 0 fully saturated rings. The van der Waals surface area contributed by atoms with Crippen LogP contribution in [0.2, 0.25) is 0 Å². The molecule has 0 N–H and O–H groups in total. The number of benzene rings is 2. The number of fused-ring (bicyclic) bond motifs is 1. The fourth-order valence-corrected chi connectivity index (χ4v) is 3.89. The van der Waals surface area contributed by atoms with E-state index in [0.717, 1.165) is 41.2 Å². The minimum absolute atomic E-state index is 0.0158. The van der Waals surface area contributed by atoms with Gasteiger partial charge in [0.25, 0.3) is 0 Å². The van der Waals surface area contributed by atoms with E-state index in [0.29, 0.717) is 11.3 Å². The summed E-state index contributed by atoms with van der Waals surface area (Å²) < 4.78 is 7.25. The van der Waals surface area contributed by atoms with Gasteiger partial charge in [-0.2, -0.15) is 0 Å². The summed E-state index contributed by atoms with van der Waals surface area (Å²) in [5.74, 6) is 0.828. The summed E-state index contributed by atoms with van der Waals surface area (Å²) in [6.45, 7) is 6.16. The highest BCUT2D eigenvalue weighted by Gasteiger charge is 2.18. The first kappa shape index (κ1) is 19.8. The van der Waals surface area contributed by atoms with Gasteiger partial charge in [0.15, 0.2) is 0 Å². The van der Waals surface area contributed by atoms with Gasteiger partial charge in [0.2, 0.25) is 5.78 Å². The van der Waals surface area contributed by atoms with Crippen LogP contribution in [0.15, 0.2) is 79.0 Å². The quantitative estimate of drug-likeness (QED) is 0.375. The molecule has 0 bridgehead atoms. The summed E-state index contributed by atoms with van der Waals surface area (Å²) in [5, 5.41) is 0. The zero-order valence-electron chi connectivity index (χ0n) is 17.6. The van der Waals surface area contributed by atoms with Crippen LogP contribution in [0, 0.1) is 0 Å². The van der Waals surface area contributed by atoms with E-state index in [2.05, 4.69) is 18.7 Å². The molecule has 0 aliphatic heterocycles. The lowest BCUT2D eigenvalue weighted by Gasteiger charge is -2.21. The number of carbonyl (C=O) groups is 1. The van der Waals surface area contributed by atoms with Crippen LogP contribution < -0.4 is 9.64 Å². The van der Waals surface area contributed by atoms with Gasteiger partial charge in [0.1, 0.15) is 5.75 Å². The molecule has 0 amide bonds. The Kier molecular flexibility index (Phi) is 5.57. The van der Waals surface area contributed by atoms with E-state index in [1.807, 2.05) is 83.4 Å². The van der Waals surface area contributed by atoms with Gasteiger partial charge in [0.05, 0.1) is 18.3 Å². The zero-order valence-corrected chi connectivity index (χ0v) is 17.6. The van der Waals surface area contributed by atoms with Crippen molar-refractivity contribution in [1.29, 1.82) is 0 Å². The Morgan fingerprint density at radius 3 is 2.27 bits per heavy atom. The number of methoxy groups -OCH3 is 1. The number of ketones is 1. The van der Waals surface area contributed by atoms with Crippen molar-refractivity contribution in [3.8, 4) is 16.9 Å². The van der Waals surface area contributed by atoms with E-state index < -0.39 is 0 Å². The minimum atomic E-state index is 0.0158. The molecule has 2 aromatic carbocycles. The monoisotopic (exact) mass is 398 g/mol. The lowest BCUT2D eigenvalue weighted by molar-refractivity contribution is 0.103. The Balaban J connectivity index is 1.74. The molecule has 0 saturated carbocycles. The largest absolute Gasteiger partial charge is 0.497 e. The van der Waals surface area contributed by atoms with Crippen molar-refractivity contribution in [1.82, 2.24) is 4.40 Å². The SMILES string of the molecule is CCN(CC)c1ccc(C(=O)c2cc(-c3ccc(OC)cc3)c3ccccn23)cc1. The van der Waals surface area contributed by atoms with E-state index in [1.54, 1.807) is 7.11 Å². The third-order valence-electron chi connectivity index (χ3n) is 5.57. The molecule has 0 unspecified atom stereocenters. The first-order valence-electron chi connectivity index (χ1n) is 10.3. The summed E-state index contributed by atoms with van der Waals surface area (Å²) in [6.07, 6.45) is 1.94. The summed E-state index contributed by atoms with van der Waals surface area (Å²) in [7, 11) is 1.66. The van der Waals surface area contributed by atoms with Gasteiger partial charge in [-0.25, -0.2) is 0 Å². The number of aromatic nitrogens is 1. The highest BCUT2D eigenvalue weighted by Crippen LogP contribution is 2.30. The highest BCUT2D eigenvalue weighted by molar-refractivity contribution is 6.10. The average Bonchev–Trinajstić information content (AvgIpc) is 3.20. The number of rotatable bonds is 7. The molecule has 30 heavy (non-hydrogen) atoms. The highest BCUT2D eigenvalue weighted by atomic mass is 16.5. The van der Waals surface area contributed by atoms with E-state index in [-0.39, 0.29) is 5.78 Å². The molecule has 4 heteroatoms. The predicted octanol–water partition coefficient (Wildman–Crippen LogP) is 5.69. The molecule has 2 heterocycles. The van der Waals surface area contributed by atoms with Crippen molar-refractivity contribution in [3.05, 3.63) is 90.3 Å². The molecular weight excluding hydrogens is 372 g/mol. The van der Waals surface area contributed by atoms with Crippen LogP contribution in [0.25, 0.3) is 16.6 Å². The van der Waals surface area contributed by atoms with Crippen LogP contribution in [0.3, 0.4) is 0 Å². The smallest absolute Gasteiger partial charge is 0.209 e. The van der Waals surface area contributed by atoms with Gasteiger partial charge in [-0.1, -0.05) is 18.2 Å². The van der Waals surface area contributed by atoms with E-state index in [9.17, 15) is 4.79 Å². The van der Waals surface area contributed by atoms with Gasteiger partial charge >= 0.3 is 0 Å². The third kappa shape index (κ3) is 3.57. The lowest BCUT2D eigenvalue weighted by atomic mass is 10.0. The number of hydrogen-bond donors (Lipinski definition) is 0. The van der Waals surface area contributed by atoms with Crippen molar-refractivity contribution in [2.75, 3.05) is 25.1 Å². The van der Waals surface area contributed by atoms with Gasteiger partial charge in [-0.3, -0.25) is 4.79 Å². The van der Waals surface area contributed by atoms with Crippen molar-refractivity contribution >= 4 is 17.0 Å². The number of hydrogen-bond acceptors (Lipinski definition) is 3. The second kappa shape index (κ2) is 8.46. The molecule has 0 aliphatic carbocycles. The normalized spacial score (nSPS) is 10.9. The van der Waals surface area contributed by atoms with Crippen LogP contribution in [-0.4, -0.2) is 30.4 Å². The fraction of sp³-hybridized carbons (Fsp3) is 0.192. The minimum Gasteiger partial charge on any atom is -0.497 e. The molecule has 0 atom stereocenters. The molecule has 4 rings (SSSR count). The number of pyridine rings is 1. The Bertz CT molecular complexity index is 1150. The van der Waals surface area contributed by atoms with Crippen molar-refractivity contribution in [2.24, 2.45) is 0 Å². The first-order valence-corrected chi connectivity index (χ1v) is 10.3. The first-order chi connectivity index (χ1) is 14.7. The van der Waals surface area contributed by atoms with Crippen LogP contribution in [0.1, 0.15) is 29.9 Å². The number of ether oxygens (including phenoxy) is 1. The van der Waals surface area contributed by atoms with E-state index in [1.165, 1.54) is 0 Å². The van der Waals surface area contributed by atoms with Crippen molar-refractivity contribution in [2.45, 2.75) is 13.8 Å². The lowest BCUT2D eigenvalue weighted by Crippen LogP contribution is -2.21. The average molecular weight is 399 g/mol. The molecule has 0 aliphatic rings. The molecular formula is C26H26N2O2. The second-order valence-corrected chi connectivity index (χ2v) is 7.18. The predicted molar refractivity (Wildman–Crippen MR) is 123 cm³/mol. The summed E-state index contributed by atoms with van der Waals surface area (Å²) in [6, 6.07) is 23.8. The standard InChI is InChI=1S/C26H26N2O2/c1-4-27(5-2)21-13-9-20(10-14-21)26(29)25-18-23(24-8-6-7-17-28(24)25)19-11-15-22(30-3)16-12-19/h6-18H,4-5H2,1-3H3. The van der Waals surface area contributed by atoms with E-state index >= 15 is 0 Å². The Morgan fingerprint density at radius 1 is 0.933 bits per heavy atom. The van der Waals surface area contributed by atoms with Crippen LogP contribution in [0.4, 0.5) is 5.69 Å². The topological polar surface area (TPSA) is 34.0 Å². The molecule has 4 aromatic rings. The fourth-order valence-electron chi connectivity index (χ4n) is 3.89. The van der Waals surface area contributed by atoms with Gasteiger partial charge in [-0.15, -0.1) is 0 Å². The Labute approximate surface area is 177 Å². The molecule has 2 aromatic heterocycles. The molecule has 0 radical (unpaired) electrons. The summed E-state index contributed by atoms with van der Waals surface area (Å²) in [4.78, 5) is 15.6. The van der Waals surface area contributed by atoms with E-state index in [4.69, 9.17) is 4.74 Å². The van der Waals surface area contributed by atoms with Crippen LogP contribution in [0.5, 0.6) is 5.75 Å². The third-order valence-corrected chi connectivity index (χ3v) is 5.57. The van der Waals surface area contributed by atoms with Crippen LogP contribution >= 0.6 is 0 Å². The number of anilines is 1. The van der Waals surface area contributed by atoms with Gasteiger partial charge in [-0.05, 0) is 74.0 Å². The maximum absolute atomic E-state index is 13.4. The van der Waals surface area contributed by atoms with Gasteiger partial charge in [0, 0.05) is 36.1 Å². The number of carbonyl (C=O) groups excluding carboxylic acids is 1. The van der Waals surface area contributed by atoms with Crippen molar-refractivity contribution in [3.63, 3.8) is 0 Å². The molecule has 0 spiro atoms. The molecule has 152 valence electrons. The molecule has 4 nitrogen and oxygen atoms in total. The van der Waals surface area contributed by atoms with Crippen molar-refractivity contribution < 1.29 is 9.53 Å². The maximum Gasteiger partial charge on any atom is 0.209 e. The second-order valence-electron chi connectivity index (χ2n) is 7.18. The summed E-state index contributed by atoms with van der Waals surface area (Å²) in [5.41, 5.74) is 5.57. The number of nitrogens with zero attached hydrogens (tertiary/aromatic N) is 2. The Morgan fingerprint density at radius 2 is 1.63 bits per heavy atom. The molecule has 0 saturated heterocycles.